The molecular weight excluding hydrogens is 184 g/mol. The second-order valence-corrected chi connectivity index (χ2v) is 4.46. The van der Waals surface area contributed by atoms with Crippen LogP contribution in [0.1, 0.15) is 10.7 Å². The first-order valence-electron chi connectivity index (χ1n) is 4.67. The van der Waals surface area contributed by atoms with Crippen molar-refractivity contribution in [1.29, 1.82) is 0 Å². The van der Waals surface area contributed by atoms with Gasteiger partial charge >= 0.3 is 0 Å². The second-order valence-electron chi connectivity index (χ2n) is 3.40. The average Bonchev–Trinajstić information content (AvgIpc) is 2.53. The number of aromatic nitrogens is 1. The molecule has 1 aliphatic rings. The Kier molecular flexibility index (Phi) is 2.93. The Morgan fingerprint density at radius 1 is 1.54 bits per heavy atom. The molecule has 1 fully saturated rings. The Hall–Kier alpha value is -0.450. The molecule has 0 spiro atoms. The maximum Gasteiger partial charge on any atom is 0.121 e. The van der Waals surface area contributed by atoms with Gasteiger partial charge in [0.2, 0.25) is 0 Å². The number of quaternary nitrogens is 1. The number of thiazole rings is 1. The lowest BCUT2D eigenvalue weighted by molar-refractivity contribution is -0.921. The summed E-state index contributed by atoms with van der Waals surface area (Å²) in [5, 5.41) is 3.33. The van der Waals surface area contributed by atoms with Gasteiger partial charge in [-0.3, -0.25) is 0 Å². The fourth-order valence-electron chi connectivity index (χ4n) is 1.58. The number of morpholine rings is 1. The van der Waals surface area contributed by atoms with Crippen LogP contribution < -0.4 is 4.90 Å². The summed E-state index contributed by atoms with van der Waals surface area (Å²) in [6.07, 6.45) is 0. The highest BCUT2D eigenvalue weighted by Crippen LogP contribution is 2.06. The van der Waals surface area contributed by atoms with Crippen LogP contribution >= 0.6 is 11.3 Å². The Bertz CT molecular complexity index is 268. The number of ether oxygens (including phenoxy) is 1. The molecule has 13 heavy (non-hydrogen) atoms. The fourth-order valence-corrected chi connectivity index (χ4v) is 2.20. The minimum absolute atomic E-state index is 0.901. The predicted molar refractivity (Wildman–Crippen MR) is 52.1 cm³/mol. The SMILES string of the molecule is Cc1nc(C[NH+]2CCOCC2)cs1. The number of nitrogens with one attached hydrogen (secondary N) is 1. The molecule has 0 aromatic carbocycles. The van der Waals surface area contributed by atoms with Gasteiger partial charge in [0, 0.05) is 5.38 Å². The van der Waals surface area contributed by atoms with E-state index in [1.165, 1.54) is 10.7 Å². The van der Waals surface area contributed by atoms with Gasteiger partial charge in [0.1, 0.15) is 25.3 Å². The topological polar surface area (TPSA) is 26.6 Å². The normalized spacial score (nSPS) is 19.2. The van der Waals surface area contributed by atoms with Crippen molar-refractivity contribution in [1.82, 2.24) is 4.98 Å². The Morgan fingerprint density at radius 2 is 2.31 bits per heavy atom. The molecule has 1 saturated heterocycles. The maximum atomic E-state index is 5.30. The van der Waals surface area contributed by atoms with E-state index in [9.17, 15) is 0 Å². The van der Waals surface area contributed by atoms with E-state index in [1.54, 1.807) is 16.2 Å². The Morgan fingerprint density at radius 3 is 2.92 bits per heavy atom. The van der Waals surface area contributed by atoms with Crippen LogP contribution in [-0.4, -0.2) is 31.3 Å². The highest BCUT2D eigenvalue weighted by atomic mass is 32.1. The predicted octanol–water partition coefficient (Wildman–Crippen LogP) is -0.133. The zero-order valence-corrected chi connectivity index (χ0v) is 8.69. The number of hydrogen-bond donors (Lipinski definition) is 1. The van der Waals surface area contributed by atoms with E-state index in [1.807, 2.05) is 0 Å². The first-order valence-corrected chi connectivity index (χ1v) is 5.55. The summed E-state index contributed by atoms with van der Waals surface area (Å²) in [6, 6.07) is 0. The van der Waals surface area contributed by atoms with Crippen LogP contribution in [0.5, 0.6) is 0 Å². The monoisotopic (exact) mass is 199 g/mol. The lowest BCUT2D eigenvalue weighted by Gasteiger charge is -2.22. The minimum Gasteiger partial charge on any atom is -0.370 e. The molecule has 0 bridgehead atoms. The standard InChI is InChI=1S/C9H14N2OS/c1-8-10-9(7-13-8)6-11-2-4-12-5-3-11/h7H,2-6H2,1H3/p+1. The van der Waals surface area contributed by atoms with Crippen molar-refractivity contribution in [3.63, 3.8) is 0 Å². The summed E-state index contributed by atoms with van der Waals surface area (Å²) < 4.78 is 5.30. The molecule has 1 aromatic rings. The lowest BCUT2D eigenvalue weighted by atomic mass is 10.3. The molecule has 72 valence electrons. The lowest BCUT2D eigenvalue weighted by Crippen LogP contribution is -3.12. The molecule has 3 nitrogen and oxygen atoms in total. The first kappa shape index (κ1) is 9.12. The van der Waals surface area contributed by atoms with E-state index in [4.69, 9.17) is 4.74 Å². The maximum absolute atomic E-state index is 5.30. The highest BCUT2D eigenvalue weighted by Gasteiger charge is 2.15. The Balaban J connectivity index is 1.89. The third-order valence-electron chi connectivity index (χ3n) is 2.30. The molecule has 0 unspecified atom stereocenters. The number of aryl methyl sites for hydroxylation is 1. The Labute approximate surface area is 82.3 Å². The van der Waals surface area contributed by atoms with Crippen molar-refractivity contribution >= 4 is 11.3 Å². The molecule has 1 N–H and O–H groups in total. The molecule has 4 heteroatoms. The summed E-state index contributed by atoms with van der Waals surface area (Å²) >= 11 is 1.74. The van der Waals surface area contributed by atoms with E-state index in [0.29, 0.717) is 0 Å². The van der Waals surface area contributed by atoms with Gasteiger partial charge in [-0.15, -0.1) is 11.3 Å². The molecule has 0 amide bonds. The van der Waals surface area contributed by atoms with Gasteiger partial charge in [-0.25, -0.2) is 4.98 Å². The van der Waals surface area contributed by atoms with Crippen molar-refractivity contribution in [3.8, 4) is 0 Å². The average molecular weight is 199 g/mol. The van der Waals surface area contributed by atoms with Crippen LogP contribution in [0.15, 0.2) is 5.38 Å². The molecule has 0 aliphatic carbocycles. The molecular formula is C9H15N2OS+. The van der Waals surface area contributed by atoms with Gasteiger partial charge in [0.05, 0.1) is 18.2 Å². The van der Waals surface area contributed by atoms with E-state index in [2.05, 4.69) is 17.3 Å². The van der Waals surface area contributed by atoms with Crippen LogP contribution in [0.25, 0.3) is 0 Å². The van der Waals surface area contributed by atoms with Gasteiger partial charge in [-0.05, 0) is 6.92 Å². The third-order valence-corrected chi connectivity index (χ3v) is 3.12. The van der Waals surface area contributed by atoms with Crippen molar-refractivity contribution in [3.05, 3.63) is 16.1 Å². The zero-order valence-electron chi connectivity index (χ0n) is 7.88. The molecule has 0 radical (unpaired) electrons. The van der Waals surface area contributed by atoms with Gasteiger partial charge in [-0.1, -0.05) is 0 Å². The third kappa shape index (κ3) is 2.49. The summed E-state index contributed by atoms with van der Waals surface area (Å²) in [4.78, 5) is 6.06. The van der Waals surface area contributed by atoms with Crippen molar-refractivity contribution < 1.29 is 9.64 Å². The summed E-state index contributed by atoms with van der Waals surface area (Å²) in [5.41, 5.74) is 1.24. The van der Waals surface area contributed by atoms with Crippen LogP contribution in [0.3, 0.4) is 0 Å². The van der Waals surface area contributed by atoms with Crippen molar-refractivity contribution in [2.75, 3.05) is 26.3 Å². The summed E-state index contributed by atoms with van der Waals surface area (Å²) in [5.74, 6) is 0. The van der Waals surface area contributed by atoms with E-state index in [0.717, 1.165) is 32.8 Å². The second kappa shape index (κ2) is 4.17. The molecule has 2 rings (SSSR count). The van der Waals surface area contributed by atoms with Gasteiger partial charge in [0.25, 0.3) is 0 Å². The van der Waals surface area contributed by atoms with Crippen LogP contribution in [0, 0.1) is 6.92 Å². The summed E-state index contributed by atoms with van der Waals surface area (Å²) in [6.45, 7) is 7.17. The number of rotatable bonds is 2. The summed E-state index contributed by atoms with van der Waals surface area (Å²) in [7, 11) is 0. The van der Waals surface area contributed by atoms with Crippen LogP contribution in [-0.2, 0) is 11.3 Å². The fraction of sp³-hybridized carbons (Fsp3) is 0.667. The van der Waals surface area contributed by atoms with E-state index in [-0.39, 0.29) is 0 Å². The van der Waals surface area contributed by atoms with Crippen LogP contribution in [0.4, 0.5) is 0 Å². The zero-order chi connectivity index (χ0) is 9.10. The smallest absolute Gasteiger partial charge is 0.121 e. The first-order chi connectivity index (χ1) is 6.34. The molecule has 0 atom stereocenters. The largest absolute Gasteiger partial charge is 0.370 e. The van der Waals surface area contributed by atoms with Crippen molar-refractivity contribution in [2.45, 2.75) is 13.5 Å². The molecule has 2 heterocycles. The molecule has 1 aromatic heterocycles. The molecule has 1 aliphatic heterocycles. The number of hydrogen-bond acceptors (Lipinski definition) is 3. The van der Waals surface area contributed by atoms with Crippen LogP contribution in [0.2, 0.25) is 0 Å². The van der Waals surface area contributed by atoms with Gasteiger partial charge in [-0.2, -0.15) is 0 Å². The van der Waals surface area contributed by atoms with E-state index < -0.39 is 0 Å². The van der Waals surface area contributed by atoms with Gasteiger partial charge in [0.15, 0.2) is 0 Å². The highest BCUT2D eigenvalue weighted by molar-refractivity contribution is 7.09. The van der Waals surface area contributed by atoms with E-state index >= 15 is 0 Å². The number of nitrogens with zero attached hydrogens (tertiary/aromatic N) is 1. The quantitative estimate of drug-likeness (QED) is 0.718. The van der Waals surface area contributed by atoms with Gasteiger partial charge < -0.3 is 9.64 Å². The minimum atomic E-state index is 0.901. The van der Waals surface area contributed by atoms with Crippen molar-refractivity contribution in [2.24, 2.45) is 0 Å². The molecule has 0 saturated carbocycles.